The van der Waals surface area contributed by atoms with E-state index in [1.807, 2.05) is 12.1 Å². The molecule has 1 aromatic heterocycles. The highest BCUT2D eigenvalue weighted by atomic mass is 16.3. The summed E-state index contributed by atoms with van der Waals surface area (Å²) in [5.41, 5.74) is 8.85. The van der Waals surface area contributed by atoms with Gasteiger partial charge in [0.05, 0.1) is 16.8 Å². The Balaban J connectivity index is 0.000000894. The van der Waals surface area contributed by atoms with E-state index in [2.05, 4.69) is 63.1 Å². The number of aldehydes is 1. The number of anilines is 1. The molecular weight excluding hydrogens is 480 g/mol. The van der Waals surface area contributed by atoms with Crippen molar-refractivity contribution in [2.24, 2.45) is 0 Å². The Morgan fingerprint density at radius 1 is 1.11 bits per heavy atom. The van der Waals surface area contributed by atoms with E-state index in [9.17, 15) is 5.11 Å². The average Bonchev–Trinajstić information content (AvgIpc) is 3.15. The molecular formula is C31H44N2O5. The quantitative estimate of drug-likeness (QED) is 0.282. The Labute approximate surface area is 227 Å². The molecule has 4 rings (SSSR count). The normalized spacial score (nSPS) is 13.3. The van der Waals surface area contributed by atoms with Crippen LogP contribution in [0, 0.1) is 26.7 Å². The highest BCUT2D eigenvalue weighted by molar-refractivity contribution is 6.06. The van der Waals surface area contributed by atoms with Crippen LogP contribution >= 0.6 is 0 Å². The zero-order valence-corrected chi connectivity index (χ0v) is 24.2. The molecule has 7 nitrogen and oxygen atoms in total. The molecule has 0 spiro atoms. The number of phenols is 1. The van der Waals surface area contributed by atoms with Crippen LogP contribution < -0.4 is 4.90 Å². The lowest BCUT2D eigenvalue weighted by atomic mass is 9.88. The summed E-state index contributed by atoms with van der Waals surface area (Å²) in [5.74, 6) is 0.315. The number of carbonyl (C=O) groups excluding carboxylic acids is 1. The second-order valence-corrected chi connectivity index (χ2v) is 9.86. The lowest BCUT2D eigenvalue weighted by molar-refractivity contribution is -0.122. The maximum Gasteiger partial charge on any atom is 0.290 e. The van der Waals surface area contributed by atoms with E-state index in [4.69, 9.17) is 19.8 Å². The smallest absolute Gasteiger partial charge is 0.290 e. The number of carbonyl (C=O) groups is 2. The van der Waals surface area contributed by atoms with Crippen LogP contribution in [0.5, 0.6) is 5.75 Å². The van der Waals surface area contributed by atoms with Crippen molar-refractivity contribution in [1.29, 1.82) is 0 Å². The Kier molecular flexibility index (Phi) is 14.0. The van der Waals surface area contributed by atoms with Gasteiger partial charge in [0.1, 0.15) is 12.0 Å². The van der Waals surface area contributed by atoms with Crippen LogP contribution in [-0.2, 0) is 22.6 Å². The molecule has 2 aromatic carbocycles. The van der Waals surface area contributed by atoms with Gasteiger partial charge in [-0.1, -0.05) is 19.1 Å². The summed E-state index contributed by atoms with van der Waals surface area (Å²) < 4.78 is 2.48. The van der Waals surface area contributed by atoms with E-state index >= 15 is 0 Å². The van der Waals surface area contributed by atoms with Crippen LogP contribution in [0.3, 0.4) is 0 Å². The van der Waals surface area contributed by atoms with Crippen LogP contribution in [-0.4, -0.2) is 51.3 Å². The van der Waals surface area contributed by atoms with Crippen LogP contribution in [0.2, 0.25) is 0 Å². The third-order valence-corrected chi connectivity index (χ3v) is 5.88. The molecule has 3 N–H and O–H groups in total. The van der Waals surface area contributed by atoms with E-state index in [0.29, 0.717) is 11.8 Å². The number of aromatic nitrogens is 1. The van der Waals surface area contributed by atoms with Crippen molar-refractivity contribution in [2.45, 2.75) is 80.0 Å². The van der Waals surface area contributed by atoms with Crippen molar-refractivity contribution >= 4 is 29.3 Å². The molecule has 7 heteroatoms. The first kappa shape index (κ1) is 34.2. The molecule has 0 unspecified atom stereocenters. The molecule has 0 saturated heterocycles. The molecule has 0 fully saturated rings. The van der Waals surface area contributed by atoms with Gasteiger partial charge in [0, 0.05) is 30.7 Å². The summed E-state index contributed by atoms with van der Waals surface area (Å²) in [6.45, 7) is 16.5. The fourth-order valence-electron chi connectivity index (χ4n) is 4.47. The molecule has 1 aliphatic heterocycles. The van der Waals surface area contributed by atoms with Crippen LogP contribution in [0.4, 0.5) is 5.69 Å². The first-order valence-corrected chi connectivity index (χ1v) is 12.5. The van der Waals surface area contributed by atoms with Gasteiger partial charge in [-0.3, -0.25) is 4.79 Å². The number of benzene rings is 2. The molecule has 0 amide bonds. The maximum atomic E-state index is 9.69. The van der Waals surface area contributed by atoms with Crippen molar-refractivity contribution in [1.82, 2.24) is 4.57 Å². The summed E-state index contributed by atoms with van der Waals surface area (Å²) in [6, 6.07) is 10.5. The summed E-state index contributed by atoms with van der Waals surface area (Å²) in [7, 11) is 2.22. The van der Waals surface area contributed by atoms with E-state index < -0.39 is 5.60 Å². The summed E-state index contributed by atoms with van der Waals surface area (Å²) in [6.07, 6.45) is 9.75. The van der Waals surface area contributed by atoms with Crippen LogP contribution in [0.25, 0.3) is 22.0 Å². The van der Waals surface area contributed by atoms with Crippen LogP contribution in [0.15, 0.2) is 30.3 Å². The Morgan fingerprint density at radius 2 is 1.55 bits per heavy atom. The highest BCUT2D eigenvalue weighted by Crippen LogP contribution is 2.45. The number of hydrogen-bond acceptors (Lipinski definition) is 5. The number of aryl methyl sites for hydroxylation is 1. The molecule has 0 saturated carbocycles. The van der Waals surface area contributed by atoms with Crippen molar-refractivity contribution in [3.63, 3.8) is 0 Å². The standard InChI is InChI=1S/C22H26N2O.C4H10O.C2H4O.C2H2.CH2O2/c1-6-18-15(4)21-22-19(20(18)16-7-9-17(25)10-8-16)11-13(2)24(22)12-14(3)23(21)5;1-4(2,3)5;1-2-3;1-2;2-1-3/h7-11,14,25H,6,12H2,1-5H3;5H,1-3H3;2H,1H3;1-2H;1H,(H,2,3)/t14-;;;;/m1..../s1. The zero-order valence-electron chi connectivity index (χ0n) is 24.2. The fraction of sp³-hybridized carbons (Fsp3) is 0.419. The van der Waals surface area contributed by atoms with E-state index in [0.717, 1.165) is 19.3 Å². The van der Waals surface area contributed by atoms with E-state index in [1.165, 1.54) is 51.5 Å². The Morgan fingerprint density at radius 3 is 1.97 bits per heavy atom. The molecule has 0 aliphatic carbocycles. The Bertz CT molecular complexity index is 1190. The number of hydrogen-bond donors (Lipinski definition) is 3. The van der Waals surface area contributed by atoms with Gasteiger partial charge >= 0.3 is 0 Å². The summed E-state index contributed by atoms with van der Waals surface area (Å²) >= 11 is 0. The molecule has 2 heterocycles. The van der Waals surface area contributed by atoms with Crippen molar-refractivity contribution in [3.8, 4) is 29.7 Å². The predicted molar refractivity (Wildman–Crippen MR) is 158 cm³/mol. The van der Waals surface area contributed by atoms with Gasteiger partial charge < -0.3 is 29.6 Å². The molecule has 0 radical (unpaired) electrons. The lowest BCUT2D eigenvalue weighted by Crippen LogP contribution is -2.37. The first-order chi connectivity index (χ1) is 17.8. The Hall–Kier alpha value is -3.76. The van der Waals surface area contributed by atoms with Gasteiger partial charge in [-0.25, -0.2) is 0 Å². The molecule has 3 aromatic rings. The van der Waals surface area contributed by atoms with Crippen molar-refractivity contribution in [3.05, 3.63) is 47.2 Å². The topological polar surface area (TPSA) is 103 Å². The highest BCUT2D eigenvalue weighted by Gasteiger charge is 2.29. The van der Waals surface area contributed by atoms with Crippen LogP contribution in [0.1, 0.15) is 58.4 Å². The van der Waals surface area contributed by atoms with E-state index in [1.54, 1.807) is 32.9 Å². The average molecular weight is 525 g/mol. The van der Waals surface area contributed by atoms with Gasteiger partial charge in [0.25, 0.3) is 6.47 Å². The minimum absolute atomic E-state index is 0.250. The number of terminal acetylenes is 1. The monoisotopic (exact) mass is 524 g/mol. The molecule has 0 bridgehead atoms. The fourth-order valence-corrected chi connectivity index (χ4v) is 4.47. The summed E-state index contributed by atoms with van der Waals surface area (Å²) in [5, 5.41) is 26.4. The first-order valence-electron chi connectivity index (χ1n) is 12.5. The van der Waals surface area contributed by atoms with Gasteiger partial charge in [0.15, 0.2) is 0 Å². The number of likely N-dealkylation sites (N-methyl/N-ethyl adjacent to an activating group) is 1. The molecule has 38 heavy (non-hydrogen) atoms. The van der Waals surface area contributed by atoms with Crippen molar-refractivity contribution in [2.75, 3.05) is 11.9 Å². The number of nitrogens with zero attached hydrogens (tertiary/aromatic N) is 2. The summed E-state index contributed by atoms with van der Waals surface area (Å²) in [4.78, 5) is 19.6. The minimum atomic E-state index is -0.500. The second-order valence-electron chi connectivity index (χ2n) is 9.86. The number of aliphatic hydroxyl groups is 1. The van der Waals surface area contributed by atoms with E-state index in [-0.39, 0.29) is 6.47 Å². The predicted octanol–water partition coefficient (Wildman–Crippen LogP) is 5.96. The third-order valence-electron chi connectivity index (χ3n) is 5.88. The van der Waals surface area contributed by atoms with Gasteiger partial charge in [0.2, 0.25) is 0 Å². The van der Waals surface area contributed by atoms with Gasteiger partial charge in [-0.2, -0.15) is 0 Å². The number of aromatic hydroxyl groups is 1. The van der Waals surface area contributed by atoms with Crippen molar-refractivity contribution < 1.29 is 24.9 Å². The minimum Gasteiger partial charge on any atom is -0.508 e. The van der Waals surface area contributed by atoms with Gasteiger partial charge in [-0.15, -0.1) is 12.8 Å². The molecule has 1 aliphatic rings. The number of phenolic OH excluding ortho intramolecular Hbond substituents is 1. The molecule has 1 atom stereocenters. The van der Waals surface area contributed by atoms with Gasteiger partial charge in [-0.05, 0) is 95.3 Å². The number of carboxylic acid groups (broad SMARTS) is 1. The second kappa shape index (κ2) is 15.5. The number of rotatable bonds is 2. The third kappa shape index (κ3) is 8.67. The lowest BCUT2D eigenvalue weighted by Gasteiger charge is -2.36. The largest absolute Gasteiger partial charge is 0.508 e. The maximum absolute atomic E-state index is 9.69. The SMILES string of the molecule is C#C.CC(C)(C)O.CC=O.CCc1c(C)c2c3c(cc(C)n3C[C@@H](C)N2C)c1-c1ccc(O)cc1.O=CO. The zero-order chi connectivity index (χ0) is 29.8. The molecule has 208 valence electrons.